The maximum Gasteiger partial charge on any atom is 0.254 e. The van der Waals surface area contributed by atoms with Crippen LogP contribution in [0.4, 0.5) is 5.82 Å². The minimum Gasteiger partial charge on any atom is -0.370 e. The molecular weight excluding hydrogens is 262 g/mol. The van der Waals surface area contributed by atoms with Crippen LogP contribution in [0.3, 0.4) is 0 Å². The Morgan fingerprint density at radius 1 is 1.24 bits per heavy atom. The maximum atomic E-state index is 12.9. The Morgan fingerprint density at radius 3 is 2.38 bits per heavy atom. The van der Waals surface area contributed by atoms with Crippen LogP contribution in [0.15, 0.2) is 12.1 Å². The van der Waals surface area contributed by atoms with E-state index in [1.807, 2.05) is 26.0 Å². The van der Waals surface area contributed by atoms with Gasteiger partial charge in [0, 0.05) is 30.9 Å². The fraction of sp³-hybridized carbons (Fsp3) is 0.647. The second-order valence-electron chi connectivity index (χ2n) is 6.51. The summed E-state index contributed by atoms with van der Waals surface area (Å²) in [6, 6.07) is 3.81. The van der Waals surface area contributed by atoms with Gasteiger partial charge in [0.25, 0.3) is 5.91 Å². The van der Waals surface area contributed by atoms with Crippen LogP contribution in [0.5, 0.6) is 0 Å². The molecular formula is C17H25N3O. The van der Waals surface area contributed by atoms with E-state index in [9.17, 15) is 4.79 Å². The van der Waals surface area contributed by atoms with Crippen LogP contribution in [-0.4, -0.2) is 35.4 Å². The average Bonchev–Trinajstić information content (AvgIpc) is 3.32. The Morgan fingerprint density at radius 2 is 1.86 bits per heavy atom. The number of anilines is 1. The third-order valence-corrected chi connectivity index (χ3v) is 4.20. The van der Waals surface area contributed by atoms with Gasteiger partial charge in [-0.2, -0.15) is 0 Å². The van der Waals surface area contributed by atoms with Crippen molar-refractivity contribution >= 4 is 11.7 Å². The summed E-state index contributed by atoms with van der Waals surface area (Å²) < 4.78 is 0. The van der Waals surface area contributed by atoms with Gasteiger partial charge in [0.05, 0.1) is 0 Å². The van der Waals surface area contributed by atoms with E-state index in [-0.39, 0.29) is 5.91 Å². The van der Waals surface area contributed by atoms with Gasteiger partial charge in [-0.05, 0) is 63.5 Å². The van der Waals surface area contributed by atoms with Crippen LogP contribution in [0, 0.1) is 18.8 Å². The SMILES string of the molecule is CCNc1cc(C(=O)N(CC2CC2)CC2CC2)cc(C)n1. The van der Waals surface area contributed by atoms with E-state index in [4.69, 9.17) is 0 Å². The molecule has 114 valence electrons. The number of carbonyl (C=O) groups is 1. The molecule has 1 aromatic heterocycles. The predicted molar refractivity (Wildman–Crippen MR) is 84.5 cm³/mol. The highest BCUT2D eigenvalue weighted by molar-refractivity contribution is 5.95. The zero-order valence-corrected chi connectivity index (χ0v) is 13.1. The monoisotopic (exact) mass is 287 g/mol. The van der Waals surface area contributed by atoms with Gasteiger partial charge in [0.1, 0.15) is 5.82 Å². The molecule has 21 heavy (non-hydrogen) atoms. The highest BCUT2D eigenvalue weighted by Crippen LogP contribution is 2.34. The third-order valence-electron chi connectivity index (χ3n) is 4.20. The van der Waals surface area contributed by atoms with Crippen molar-refractivity contribution in [3.05, 3.63) is 23.4 Å². The number of aryl methyl sites for hydroxylation is 1. The minimum absolute atomic E-state index is 0.179. The van der Waals surface area contributed by atoms with Gasteiger partial charge in [0.15, 0.2) is 0 Å². The molecule has 0 radical (unpaired) electrons. The van der Waals surface area contributed by atoms with Crippen molar-refractivity contribution in [1.29, 1.82) is 0 Å². The van der Waals surface area contributed by atoms with Crippen LogP contribution in [0.2, 0.25) is 0 Å². The summed E-state index contributed by atoms with van der Waals surface area (Å²) >= 11 is 0. The van der Waals surface area contributed by atoms with E-state index in [1.165, 1.54) is 25.7 Å². The lowest BCUT2D eigenvalue weighted by molar-refractivity contribution is 0.0739. The van der Waals surface area contributed by atoms with E-state index in [1.54, 1.807) is 0 Å². The highest BCUT2D eigenvalue weighted by atomic mass is 16.2. The molecule has 0 saturated heterocycles. The topological polar surface area (TPSA) is 45.2 Å². The number of aromatic nitrogens is 1. The molecule has 2 aliphatic carbocycles. The molecule has 1 aromatic rings. The molecule has 4 heteroatoms. The molecule has 3 rings (SSSR count). The first kappa shape index (κ1) is 14.4. The van der Waals surface area contributed by atoms with Crippen molar-refractivity contribution in [3.8, 4) is 0 Å². The number of amides is 1. The van der Waals surface area contributed by atoms with Crippen molar-refractivity contribution in [2.45, 2.75) is 39.5 Å². The van der Waals surface area contributed by atoms with Gasteiger partial charge in [-0.15, -0.1) is 0 Å². The standard InChI is InChI=1S/C17H25N3O/c1-3-18-16-9-15(8-12(2)19-16)17(21)20(10-13-4-5-13)11-14-6-7-14/h8-9,13-14H,3-7,10-11H2,1-2H3,(H,18,19). The Kier molecular flexibility index (Phi) is 4.13. The Bertz CT molecular complexity index is 507. The van der Waals surface area contributed by atoms with Crippen molar-refractivity contribution in [3.63, 3.8) is 0 Å². The van der Waals surface area contributed by atoms with Crippen molar-refractivity contribution < 1.29 is 4.79 Å². The molecule has 0 spiro atoms. The molecule has 0 unspecified atom stereocenters. The molecule has 1 N–H and O–H groups in total. The number of nitrogens with zero attached hydrogens (tertiary/aromatic N) is 2. The van der Waals surface area contributed by atoms with E-state index in [2.05, 4.69) is 15.2 Å². The van der Waals surface area contributed by atoms with Crippen LogP contribution in [-0.2, 0) is 0 Å². The average molecular weight is 287 g/mol. The Hall–Kier alpha value is -1.58. The molecule has 4 nitrogen and oxygen atoms in total. The lowest BCUT2D eigenvalue weighted by atomic mass is 10.1. The summed E-state index contributed by atoms with van der Waals surface area (Å²) in [6.07, 6.45) is 5.14. The van der Waals surface area contributed by atoms with E-state index < -0.39 is 0 Å². The molecule has 0 aromatic carbocycles. The lowest BCUT2D eigenvalue weighted by Gasteiger charge is -2.23. The molecule has 0 atom stereocenters. The first-order chi connectivity index (χ1) is 10.2. The van der Waals surface area contributed by atoms with Crippen LogP contribution in [0.1, 0.15) is 48.7 Å². The number of pyridine rings is 1. The first-order valence-corrected chi connectivity index (χ1v) is 8.17. The van der Waals surface area contributed by atoms with Gasteiger partial charge < -0.3 is 10.2 Å². The van der Waals surface area contributed by atoms with Crippen molar-refractivity contribution in [2.75, 3.05) is 25.0 Å². The van der Waals surface area contributed by atoms with Gasteiger partial charge in [-0.3, -0.25) is 4.79 Å². The smallest absolute Gasteiger partial charge is 0.254 e. The fourth-order valence-electron chi connectivity index (χ4n) is 2.71. The molecule has 2 aliphatic rings. The minimum atomic E-state index is 0.179. The highest BCUT2D eigenvalue weighted by Gasteiger charge is 2.32. The van der Waals surface area contributed by atoms with Crippen LogP contribution < -0.4 is 5.32 Å². The quantitative estimate of drug-likeness (QED) is 0.838. The molecule has 2 saturated carbocycles. The summed E-state index contributed by atoms with van der Waals surface area (Å²) in [5.74, 6) is 2.46. The largest absolute Gasteiger partial charge is 0.370 e. The van der Waals surface area contributed by atoms with Gasteiger partial charge in [-0.25, -0.2) is 4.98 Å². The third kappa shape index (κ3) is 3.96. The Labute approximate surface area is 126 Å². The summed E-state index contributed by atoms with van der Waals surface area (Å²) in [5, 5.41) is 3.21. The van der Waals surface area contributed by atoms with Gasteiger partial charge in [0.2, 0.25) is 0 Å². The summed E-state index contributed by atoms with van der Waals surface area (Å²) in [6.45, 7) is 6.68. The number of rotatable bonds is 7. The summed E-state index contributed by atoms with van der Waals surface area (Å²) in [7, 11) is 0. The van der Waals surface area contributed by atoms with Crippen molar-refractivity contribution in [1.82, 2.24) is 9.88 Å². The fourth-order valence-corrected chi connectivity index (χ4v) is 2.71. The molecule has 0 aliphatic heterocycles. The van der Waals surface area contributed by atoms with E-state index in [0.29, 0.717) is 0 Å². The van der Waals surface area contributed by atoms with Gasteiger partial charge >= 0.3 is 0 Å². The second kappa shape index (κ2) is 6.04. The van der Waals surface area contributed by atoms with Gasteiger partial charge in [-0.1, -0.05) is 0 Å². The number of hydrogen-bond donors (Lipinski definition) is 1. The van der Waals surface area contributed by atoms with Crippen molar-refractivity contribution in [2.24, 2.45) is 11.8 Å². The zero-order valence-electron chi connectivity index (χ0n) is 13.1. The first-order valence-electron chi connectivity index (χ1n) is 8.17. The van der Waals surface area contributed by atoms with Crippen LogP contribution >= 0.6 is 0 Å². The second-order valence-corrected chi connectivity index (χ2v) is 6.51. The maximum absolute atomic E-state index is 12.9. The molecule has 0 bridgehead atoms. The van der Waals surface area contributed by atoms with E-state index in [0.717, 1.165) is 48.5 Å². The predicted octanol–water partition coefficient (Wildman–Crippen LogP) is 3.08. The van der Waals surface area contributed by atoms with Crippen LogP contribution in [0.25, 0.3) is 0 Å². The Balaban J connectivity index is 1.76. The molecule has 2 fully saturated rings. The van der Waals surface area contributed by atoms with E-state index >= 15 is 0 Å². The number of nitrogens with one attached hydrogen (secondary N) is 1. The molecule has 1 heterocycles. The summed E-state index contributed by atoms with van der Waals surface area (Å²) in [4.78, 5) is 19.4. The number of carbonyl (C=O) groups excluding carboxylic acids is 1. The lowest BCUT2D eigenvalue weighted by Crippen LogP contribution is -2.34. The molecule has 1 amide bonds. The summed E-state index contributed by atoms with van der Waals surface area (Å²) in [5.41, 5.74) is 1.68. The normalized spacial score (nSPS) is 17.6. The zero-order chi connectivity index (χ0) is 14.8. The number of hydrogen-bond acceptors (Lipinski definition) is 3.